The lowest BCUT2D eigenvalue weighted by atomic mass is 10.2. The van der Waals surface area contributed by atoms with Gasteiger partial charge in [-0.25, -0.2) is 9.37 Å². The van der Waals surface area contributed by atoms with Crippen molar-refractivity contribution in [1.82, 2.24) is 15.6 Å². The van der Waals surface area contributed by atoms with Crippen LogP contribution in [0, 0.1) is 5.82 Å². The molecule has 5 nitrogen and oxygen atoms in total. The Kier molecular flexibility index (Phi) is 5.71. The van der Waals surface area contributed by atoms with Gasteiger partial charge in [0.25, 0.3) is 0 Å². The van der Waals surface area contributed by atoms with E-state index in [1.165, 1.54) is 6.07 Å². The van der Waals surface area contributed by atoms with E-state index >= 15 is 0 Å². The molecule has 0 spiro atoms. The number of methoxy groups -OCH3 is 1. The van der Waals surface area contributed by atoms with Crippen LogP contribution in [-0.4, -0.2) is 25.1 Å². The highest BCUT2D eigenvalue weighted by molar-refractivity contribution is 5.79. The Labute approximate surface area is 129 Å². The second kappa shape index (κ2) is 7.97. The number of rotatable bonds is 5. The van der Waals surface area contributed by atoms with Crippen LogP contribution in [0.25, 0.3) is 0 Å². The van der Waals surface area contributed by atoms with Gasteiger partial charge in [-0.15, -0.1) is 0 Å². The van der Waals surface area contributed by atoms with E-state index in [0.717, 1.165) is 5.56 Å². The summed E-state index contributed by atoms with van der Waals surface area (Å²) in [6, 6.07) is 10.4. The lowest BCUT2D eigenvalue weighted by molar-refractivity contribution is 0.397. The van der Waals surface area contributed by atoms with Gasteiger partial charge in [0.2, 0.25) is 5.88 Å². The minimum atomic E-state index is -0.232. The highest BCUT2D eigenvalue weighted by Gasteiger charge is 2.03. The van der Waals surface area contributed by atoms with Crippen LogP contribution in [0.3, 0.4) is 0 Å². The van der Waals surface area contributed by atoms with E-state index in [9.17, 15) is 4.39 Å². The number of halogens is 1. The molecule has 1 aromatic heterocycles. The first kappa shape index (κ1) is 15.8. The van der Waals surface area contributed by atoms with Crippen LogP contribution in [-0.2, 0) is 13.1 Å². The van der Waals surface area contributed by atoms with Gasteiger partial charge in [0.1, 0.15) is 5.82 Å². The van der Waals surface area contributed by atoms with Gasteiger partial charge in [-0.3, -0.25) is 4.99 Å². The van der Waals surface area contributed by atoms with Crippen LogP contribution in [0.5, 0.6) is 5.88 Å². The molecule has 0 aliphatic carbocycles. The molecule has 1 heterocycles. The molecule has 0 aliphatic rings. The van der Waals surface area contributed by atoms with Crippen LogP contribution >= 0.6 is 0 Å². The molecule has 2 N–H and O–H groups in total. The molecule has 0 saturated heterocycles. The van der Waals surface area contributed by atoms with Gasteiger partial charge in [-0.1, -0.05) is 18.2 Å². The molecule has 116 valence electrons. The van der Waals surface area contributed by atoms with E-state index in [1.54, 1.807) is 38.6 Å². The van der Waals surface area contributed by atoms with E-state index in [4.69, 9.17) is 4.74 Å². The number of pyridine rings is 1. The molecule has 1 aromatic carbocycles. The lowest BCUT2D eigenvalue weighted by Crippen LogP contribution is -2.36. The highest BCUT2D eigenvalue weighted by Crippen LogP contribution is 2.08. The Morgan fingerprint density at radius 3 is 2.73 bits per heavy atom. The van der Waals surface area contributed by atoms with Crippen molar-refractivity contribution in [2.75, 3.05) is 14.2 Å². The molecule has 0 aliphatic heterocycles. The molecule has 0 atom stereocenters. The van der Waals surface area contributed by atoms with Crippen LogP contribution < -0.4 is 15.4 Å². The summed E-state index contributed by atoms with van der Waals surface area (Å²) >= 11 is 0. The van der Waals surface area contributed by atoms with E-state index in [1.807, 2.05) is 12.1 Å². The molecule has 22 heavy (non-hydrogen) atoms. The van der Waals surface area contributed by atoms with Crippen molar-refractivity contribution in [1.29, 1.82) is 0 Å². The molecule has 0 fully saturated rings. The van der Waals surface area contributed by atoms with Gasteiger partial charge in [0.15, 0.2) is 5.96 Å². The number of guanidine groups is 1. The monoisotopic (exact) mass is 302 g/mol. The summed E-state index contributed by atoms with van der Waals surface area (Å²) in [5.74, 6) is 0.928. The first-order valence-corrected chi connectivity index (χ1v) is 6.89. The zero-order chi connectivity index (χ0) is 15.8. The molecule has 0 radical (unpaired) electrons. The van der Waals surface area contributed by atoms with Gasteiger partial charge in [0.05, 0.1) is 7.11 Å². The topological polar surface area (TPSA) is 58.5 Å². The fourth-order valence-electron chi connectivity index (χ4n) is 1.90. The van der Waals surface area contributed by atoms with Crippen molar-refractivity contribution in [3.05, 3.63) is 59.5 Å². The maximum absolute atomic E-state index is 13.6. The molecule has 2 rings (SSSR count). The largest absolute Gasteiger partial charge is 0.481 e. The quantitative estimate of drug-likeness (QED) is 0.656. The number of ether oxygens (including phenoxy) is 1. The SMILES string of the molecule is CN=C(NCc1ccnc(OC)c1)NCc1ccccc1F. The number of aromatic nitrogens is 1. The fourth-order valence-corrected chi connectivity index (χ4v) is 1.90. The lowest BCUT2D eigenvalue weighted by Gasteiger charge is -2.12. The number of hydrogen-bond acceptors (Lipinski definition) is 3. The Hall–Kier alpha value is -2.63. The summed E-state index contributed by atoms with van der Waals surface area (Å²) in [4.78, 5) is 8.17. The fraction of sp³-hybridized carbons (Fsp3) is 0.250. The number of aliphatic imine (C=N–C) groups is 1. The standard InChI is InChI=1S/C16H19FN4O/c1-18-16(21-11-13-5-3-4-6-14(13)17)20-10-12-7-8-19-15(9-12)22-2/h3-9H,10-11H2,1-2H3,(H2,18,20,21). The van der Waals surface area contributed by atoms with Crippen molar-refractivity contribution >= 4 is 5.96 Å². The summed E-state index contributed by atoms with van der Waals surface area (Å²) in [7, 11) is 3.25. The third-order valence-electron chi connectivity index (χ3n) is 3.10. The van der Waals surface area contributed by atoms with Crippen LogP contribution in [0.15, 0.2) is 47.6 Å². The maximum Gasteiger partial charge on any atom is 0.213 e. The van der Waals surface area contributed by atoms with E-state index in [-0.39, 0.29) is 5.82 Å². The smallest absolute Gasteiger partial charge is 0.213 e. The highest BCUT2D eigenvalue weighted by atomic mass is 19.1. The van der Waals surface area contributed by atoms with Crippen LogP contribution in [0.4, 0.5) is 4.39 Å². The Morgan fingerprint density at radius 1 is 1.23 bits per heavy atom. The van der Waals surface area contributed by atoms with Gasteiger partial charge < -0.3 is 15.4 Å². The predicted octanol–water partition coefficient (Wildman–Crippen LogP) is 2.09. The van der Waals surface area contributed by atoms with E-state index in [0.29, 0.717) is 30.5 Å². The van der Waals surface area contributed by atoms with Gasteiger partial charge in [-0.05, 0) is 17.7 Å². The molecule has 2 aromatic rings. The number of nitrogens with zero attached hydrogens (tertiary/aromatic N) is 2. The Bertz CT molecular complexity index is 646. The summed E-state index contributed by atoms with van der Waals surface area (Å²) in [5.41, 5.74) is 1.61. The van der Waals surface area contributed by atoms with Crippen molar-refractivity contribution < 1.29 is 9.13 Å². The Balaban J connectivity index is 1.89. The molecule has 0 saturated carbocycles. The van der Waals surface area contributed by atoms with E-state index < -0.39 is 0 Å². The van der Waals surface area contributed by atoms with Crippen molar-refractivity contribution in [3.63, 3.8) is 0 Å². The number of hydrogen-bond donors (Lipinski definition) is 2. The first-order chi connectivity index (χ1) is 10.7. The van der Waals surface area contributed by atoms with Crippen LogP contribution in [0.1, 0.15) is 11.1 Å². The minimum absolute atomic E-state index is 0.232. The third kappa shape index (κ3) is 4.44. The van der Waals surface area contributed by atoms with Crippen molar-refractivity contribution in [2.45, 2.75) is 13.1 Å². The summed E-state index contributed by atoms with van der Waals surface area (Å²) in [6.07, 6.45) is 1.69. The third-order valence-corrected chi connectivity index (χ3v) is 3.10. The van der Waals surface area contributed by atoms with Gasteiger partial charge in [0, 0.05) is 38.0 Å². The first-order valence-electron chi connectivity index (χ1n) is 6.89. The van der Waals surface area contributed by atoms with Crippen molar-refractivity contribution in [2.24, 2.45) is 4.99 Å². The zero-order valence-electron chi connectivity index (χ0n) is 12.6. The minimum Gasteiger partial charge on any atom is -0.481 e. The summed E-state index contributed by atoms with van der Waals surface area (Å²) < 4.78 is 18.6. The number of benzene rings is 1. The van der Waals surface area contributed by atoms with Crippen molar-refractivity contribution in [3.8, 4) is 5.88 Å². The second-order valence-electron chi connectivity index (χ2n) is 4.58. The van der Waals surface area contributed by atoms with E-state index in [2.05, 4.69) is 20.6 Å². The zero-order valence-corrected chi connectivity index (χ0v) is 12.6. The summed E-state index contributed by atoms with van der Waals surface area (Å²) in [6.45, 7) is 0.932. The summed E-state index contributed by atoms with van der Waals surface area (Å²) in [5, 5.41) is 6.24. The molecule has 0 amide bonds. The molecule has 0 bridgehead atoms. The molecular formula is C16H19FN4O. The molecule has 0 unspecified atom stereocenters. The average Bonchev–Trinajstić information content (AvgIpc) is 2.56. The van der Waals surface area contributed by atoms with Gasteiger partial charge >= 0.3 is 0 Å². The maximum atomic E-state index is 13.6. The molecule has 6 heteroatoms. The molecular weight excluding hydrogens is 283 g/mol. The average molecular weight is 302 g/mol. The van der Waals surface area contributed by atoms with Crippen LogP contribution in [0.2, 0.25) is 0 Å². The van der Waals surface area contributed by atoms with Gasteiger partial charge in [-0.2, -0.15) is 0 Å². The predicted molar refractivity (Wildman–Crippen MR) is 84.2 cm³/mol. The normalized spacial score (nSPS) is 11.1. The Morgan fingerprint density at radius 2 is 2.00 bits per heavy atom. The number of nitrogens with one attached hydrogen (secondary N) is 2. The second-order valence-corrected chi connectivity index (χ2v) is 4.58.